The standard InChI is InChI=1S/C35H46N4O4/c1-24-18-29(43-23-27-14-8-5-9-15-27)19-25(2)30(24)22-31(36)33(40)21-28(16-10-11-17-38-3)35(42)39-32(34(37)41)20-26-12-6-4-7-13-26/h4-9,12-15,18-19,28,31-32,38H,10-11,16-17,20-23,36H2,1-3H3,(H2,37,41)(H,39,42)/t28-,31+,32+/m1/s1. The summed E-state index contributed by atoms with van der Waals surface area (Å²) >= 11 is 0. The van der Waals surface area contributed by atoms with Crippen molar-refractivity contribution in [2.75, 3.05) is 13.6 Å². The smallest absolute Gasteiger partial charge is 0.240 e. The van der Waals surface area contributed by atoms with Crippen LogP contribution >= 0.6 is 0 Å². The van der Waals surface area contributed by atoms with Crippen LogP contribution in [0.2, 0.25) is 0 Å². The van der Waals surface area contributed by atoms with Crippen LogP contribution in [-0.4, -0.2) is 43.3 Å². The number of hydrogen-bond donors (Lipinski definition) is 4. The Morgan fingerprint density at radius 3 is 2.05 bits per heavy atom. The van der Waals surface area contributed by atoms with Crippen LogP contribution in [0.15, 0.2) is 72.8 Å². The van der Waals surface area contributed by atoms with E-state index in [1.165, 1.54) is 0 Å². The van der Waals surface area contributed by atoms with Gasteiger partial charge in [0.2, 0.25) is 11.8 Å². The molecule has 0 aliphatic rings. The van der Waals surface area contributed by atoms with Gasteiger partial charge >= 0.3 is 0 Å². The summed E-state index contributed by atoms with van der Waals surface area (Å²) in [7, 11) is 1.87. The Balaban J connectivity index is 1.65. The van der Waals surface area contributed by atoms with E-state index >= 15 is 0 Å². The van der Waals surface area contributed by atoms with Crippen molar-refractivity contribution in [3.8, 4) is 5.75 Å². The molecular formula is C35H46N4O4. The Morgan fingerprint density at radius 2 is 1.47 bits per heavy atom. The van der Waals surface area contributed by atoms with Gasteiger partial charge in [0.25, 0.3) is 0 Å². The number of amides is 2. The number of carbonyl (C=O) groups excluding carboxylic acids is 3. The number of benzene rings is 3. The zero-order chi connectivity index (χ0) is 31.2. The number of nitrogens with one attached hydrogen (secondary N) is 2. The third kappa shape index (κ3) is 11.0. The summed E-state index contributed by atoms with van der Waals surface area (Å²) in [6.45, 7) is 5.26. The number of ether oxygens (including phenoxy) is 1. The molecule has 0 aliphatic heterocycles. The van der Waals surface area contributed by atoms with E-state index in [1.54, 1.807) is 0 Å². The van der Waals surface area contributed by atoms with Crippen molar-refractivity contribution in [1.82, 2.24) is 10.6 Å². The quantitative estimate of drug-likeness (QED) is 0.167. The first-order valence-electron chi connectivity index (χ1n) is 15.0. The molecule has 0 saturated heterocycles. The van der Waals surface area contributed by atoms with Gasteiger partial charge in [-0.15, -0.1) is 0 Å². The number of aryl methyl sites for hydroxylation is 2. The van der Waals surface area contributed by atoms with E-state index in [0.717, 1.165) is 53.0 Å². The molecule has 6 N–H and O–H groups in total. The maximum absolute atomic E-state index is 13.4. The van der Waals surface area contributed by atoms with Crippen molar-refractivity contribution in [3.63, 3.8) is 0 Å². The van der Waals surface area contributed by atoms with Crippen molar-refractivity contribution >= 4 is 17.6 Å². The Bertz CT molecular complexity index is 1310. The fraction of sp³-hybridized carbons (Fsp3) is 0.400. The minimum Gasteiger partial charge on any atom is -0.489 e. The molecule has 8 heteroatoms. The molecule has 230 valence electrons. The number of ketones is 1. The van der Waals surface area contributed by atoms with Crippen molar-refractivity contribution in [2.45, 2.75) is 71.1 Å². The molecule has 2 amide bonds. The summed E-state index contributed by atoms with van der Waals surface area (Å²) in [4.78, 5) is 39.0. The van der Waals surface area contributed by atoms with E-state index in [2.05, 4.69) is 10.6 Å². The molecule has 0 spiro atoms. The molecule has 0 bridgehead atoms. The predicted molar refractivity (Wildman–Crippen MR) is 171 cm³/mol. The average Bonchev–Trinajstić information content (AvgIpc) is 2.99. The highest BCUT2D eigenvalue weighted by molar-refractivity contribution is 5.92. The number of rotatable bonds is 18. The number of Topliss-reactive ketones (excluding diaryl/α,β-unsaturated/α-hetero) is 1. The number of nitrogens with two attached hydrogens (primary N) is 2. The Hall–Kier alpha value is -4.01. The number of carbonyl (C=O) groups is 3. The topological polar surface area (TPSA) is 137 Å². The molecular weight excluding hydrogens is 540 g/mol. The summed E-state index contributed by atoms with van der Waals surface area (Å²) in [5.74, 6) is -0.992. The first-order valence-corrected chi connectivity index (χ1v) is 15.0. The van der Waals surface area contributed by atoms with Gasteiger partial charge < -0.3 is 26.8 Å². The highest BCUT2D eigenvalue weighted by atomic mass is 16.5. The van der Waals surface area contributed by atoms with Crippen LogP contribution in [0.25, 0.3) is 0 Å². The lowest BCUT2D eigenvalue weighted by Gasteiger charge is -2.22. The number of primary amides is 1. The normalized spacial score (nSPS) is 13.1. The van der Waals surface area contributed by atoms with Crippen molar-refractivity contribution in [3.05, 3.63) is 101 Å². The van der Waals surface area contributed by atoms with Crippen LogP contribution in [0.4, 0.5) is 0 Å². The zero-order valence-electron chi connectivity index (χ0n) is 25.6. The van der Waals surface area contributed by atoms with E-state index in [-0.39, 0.29) is 24.5 Å². The maximum Gasteiger partial charge on any atom is 0.240 e. The molecule has 0 aliphatic carbocycles. The zero-order valence-corrected chi connectivity index (χ0v) is 25.6. The lowest BCUT2D eigenvalue weighted by molar-refractivity contribution is -0.132. The van der Waals surface area contributed by atoms with Gasteiger partial charge in [-0.2, -0.15) is 0 Å². The second kappa shape index (κ2) is 17.2. The van der Waals surface area contributed by atoms with E-state index in [0.29, 0.717) is 19.4 Å². The summed E-state index contributed by atoms with van der Waals surface area (Å²) in [5, 5.41) is 5.92. The molecule has 0 radical (unpaired) electrons. The van der Waals surface area contributed by atoms with Gasteiger partial charge in [0.05, 0.1) is 6.04 Å². The molecule has 3 rings (SSSR count). The molecule has 43 heavy (non-hydrogen) atoms. The molecule has 0 fully saturated rings. The van der Waals surface area contributed by atoms with Crippen molar-refractivity contribution in [1.29, 1.82) is 0 Å². The molecule has 8 nitrogen and oxygen atoms in total. The fourth-order valence-corrected chi connectivity index (χ4v) is 5.21. The second-order valence-electron chi connectivity index (χ2n) is 11.2. The molecule has 0 saturated carbocycles. The first kappa shape index (κ1) is 33.5. The molecule has 3 aromatic rings. The lowest BCUT2D eigenvalue weighted by Crippen LogP contribution is -2.48. The minimum atomic E-state index is -0.869. The van der Waals surface area contributed by atoms with Gasteiger partial charge in [-0.1, -0.05) is 67.1 Å². The van der Waals surface area contributed by atoms with Gasteiger partial charge in [0, 0.05) is 18.8 Å². The van der Waals surface area contributed by atoms with Crippen LogP contribution in [0.3, 0.4) is 0 Å². The van der Waals surface area contributed by atoms with E-state index in [4.69, 9.17) is 16.2 Å². The Labute approximate surface area is 255 Å². The van der Waals surface area contributed by atoms with Crippen LogP contribution < -0.4 is 26.8 Å². The van der Waals surface area contributed by atoms with Crippen LogP contribution in [0, 0.1) is 19.8 Å². The van der Waals surface area contributed by atoms with Gasteiger partial charge in [-0.3, -0.25) is 14.4 Å². The molecule has 0 heterocycles. The van der Waals surface area contributed by atoms with Gasteiger partial charge in [0.1, 0.15) is 18.4 Å². The van der Waals surface area contributed by atoms with Crippen LogP contribution in [0.1, 0.15) is 53.5 Å². The van der Waals surface area contributed by atoms with Crippen LogP contribution in [0.5, 0.6) is 5.75 Å². The summed E-state index contributed by atoms with van der Waals surface area (Å²) in [6.07, 6.45) is 2.77. The predicted octanol–water partition coefficient (Wildman–Crippen LogP) is 3.93. The second-order valence-corrected chi connectivity index (χ2v) is 11.2. The number of unbranched alkanes of at least 4 members (excludes halogenated alkanes) is 1. The SMILES string of the molecule is CNCCCC[C@H](CC(=O)[C@@H](N)Cc1c(C)cc(OCc2ccccc2)cc1C)C(=O)N[C@@H](Cc1ccccc1)C(N)=O. The molecule has 3 aromatic carbocycles. The first-order chi connectivity index (χ1) is 20.7. The fourth-order valence-electron chi connectivity index (χ4n) is 5.21. The lowest BCUT2D eigenvalue weighted by atomic mass is 9.89. The largest absolute Gasteiger partial charge is 0.489 e. The monoisotopic (exact) mass is 586 g/mol. The molecule has 0 unspecified atom stereocenters. The van der Waals surface area contributed by atoms with Crippen molar-refractivity contribution < 1.29 is 19.1 Å². The molecule has 0 aromatic heterocycles. The highest BCUT2D eigenvalue weighted by Gasteiger charge is 2.28. The summed E-state index contributed by atoms with van der Waals surface area (Å²) in [5.41, 5.74) is 17.0. The summed E-state index contributed by atoms with van der Waals surface area (Å²) in [6, 6.07) is 21.7. The average molecular weight is 587 g/mol. The highest BCUT2D eigenvalue weighted by Crippen LogP contribution is 2.25. The van der Waals surface area contributed by atoms with E-state index in [9.17, 15) is 14.4 Å². The molecule has 3 atom stereocenters. The van der Waals surface area contributed by atoms with Crippen molar-refractivity contribution in [2.24, 2.45) is 17.4 Å². The van der Waals surface area contributed by atoms with Gasteiger partial charge in [-0.25, -0.2) is 0 Å². The maximum atomic E-state index is 13.4. The Morgan fingerprint density at radius 1 is 0.860 bits per heavy atom. The minimum absolute atomic E-state index is 0.000260. The third-order valence-electron chi connectivity index (χ3n) is 7.75. The van der Waals surface area contributed by atoms with E-state index in [1.807, 2.05) is 93.7 Å². The van der Waals surface area contributed by atoms with Crippen LogP contribution in [-0.2, 0) is 33.8 Å². The van der Waals surface area contributed by atoms with Gasteiger partial charge in [0.15, 0.2) is 5.78 Å². The number of hydrogen-bond acceptors (Lipinski definition) is 6. The Kier molecular flexibility index (Phi) is 13.4. The summed E-state index contributed by atoms with van der Waals surface area (Å²) < 4.78 is 6.00. The van der Waals surface area contributed by atoms with E-state index < -0.39 is 23.9 Å². The third-order valence-corrected chi connectivity index (χ3v) is 7.75. The van der Waals surface area contributed by atoms with Gasteiger partial charge in [-0.05, 0) is 86.7 Å².